The van der Waals surface area contributed by atoms with Gasteiger partial charge in [0.2, 0.25) is 0 Å². The third-order valence-electron chi connectivity index (χ3n) is 2.92. The van der Waals surface area contributed by atoms with Gasteiger partial charge in [0.1, 0.15) is 6.61 Å². The quantitative estimate of drug-likeness (QED) is 0.697. The summed E-state index contributed by atoms with van der Waals surface area (Å²) in [6.45, 7) is 3.06. The van der Waals surface area contributed by atoms with Crippen molar-refractivity contribution in [2.45, 2.75) is 0 Å². The molecule has 7 heteroatoms. The highest BCUT2D eigenvalue weighted by atomic mass is 16.6. The number of amides is 1. The van der Waals surface area contributed by atoms with Gasteiger partial charge in [0, 0.05) is 38.0 Å². The minimum Gasteiger partial charge on any atom is -0.446 e. The molecule has 1 fully saturated rings. The van der Waals surface area contributed by atoms with Gasteiger partial charge in [-0.15, -0.1) is 0 Å². The number of ether oxygens (including phenoxy) is 3. The molecule has 0 saturated carbocycles. The lowest BCUT2D eigenvalue weighted by molar-refractivity contribution is 0.0337. The molecule has 2 aliphatic rings. The molecule has 19 heavy (non-hydrogen) atoms. The maximum absolute atomic E-state index is 11.9. The van der Waals surface area contributed by atoms with Gasteiger partial charge in [0.05, 0.1) is 19.8 Å². The van der Waals surface area contributed by atoms with Gasteiger partial charge in [-0.25, -0.2) is 15.2 Å². The summed E-state index contributed by atoms with van der Waals surface area (Å²) in [5.74, 6) is 0.260. The fraction of sp³-hybridized carbons (Fsp3) is 0.667. The van der Waals surface area contributed by atoms with Crippen molar-refractivity contribution >= 4 is 12.3 Å². The maximum atomic E-state index is 11.9. The van der Waals surface area contributed by atoms with Gasteiger partial charge < -0.3 is 14.2 Å². The van der Waals surface area contributed by atoms with Crippen molar-refractivity contribution in [2.24, 2.45) is 10.9 Å². The number of hydrogen-bond donors (Lipinski definition) is 1. The van der Waals surface area contributed by atoms with Gasteiger partial charge in [-0.3, -0.25) is 4.99 Å². The summed E-state index contributed by atoms with van der Waals surface area (Å²) in [7, 11) is 1.61. The fourth-order valence-electron chi connectivity index (χ4n) is 1.93. The van der Waals surface area contributed by atoms with E-state index < -0.39 is 6.09 Å². The van der Waals surface area contributed by atoms with Gasteiger partial charge in [-0.05, 0) is 6.08 Å². The molecule has 2 aliphatic heterocycles. The van der Waals surface area contributed by atoms with Crippen molar-refractivity contribution in [3.8, 4) is 0 Å². The summed E-state index contributed by atoms with van der Waals surface area (Å²) in [5, 5.41) is 1.45. The first kappa shape index (κ1) is 14.0. The number of dihydropyridines is 1. The zero-order chi connectivity index (χ0) is 13.5. The standard InChI is InChI=1S/C12H19N3O4/c1-17-4-5-18-6-7-19-12(16)15-11-2-3-13-8-10(11)9-14-15/h2-3,10,14H,4-9H2,1H3. The second-order valence-corrected chi connectivity index (χ2v) is 4.22. The van der Waals surface area contributed by atoms with Crippen molar-refractivity contribution in [1.82, 2.24) is 10.4 Å². The van der Waals surface area contributed by atoms with E-state index in [0.717, 1.165) is 5.70 Å². The average Bonchev–Trinajstić information content (AvgIpc) is 2.86. The van der Waals surface area contributed by atoms with Crippen LogP contribution in [0.2, 0.25) is 0 Å². The molecule has 0 radical (unpaired) electrons. The highest BCUT2D eigenvalue weighted by Crippen LogP contribution is 2.23. The van der Waals surface area contributed by atoms with Crippen LogP contribution in [0.4, 0.5) is 4.79 Å². The van der Waals surface area contributed by atoms with Crippen LogP contribution in [-0.4, -0.2) is 63.9 Å². The number of aliphatic imine (C=N–C) groups is 1. The molecule has 7 nitrogen and oxygen atoms in total. The Kier molecular flexibility index (Phi) is 5.31. The molecule has 0 spiro atoms. The fourth-order valence-corrected chi connectivity index (χ4v) is 1.93. The number of methoxy groups -OCH3 is 1. The minimum atomic E-state index is -0.403. The van der Waals surface area contributed by atoms with Crippen molar-refractivity contribution in [1.29, 1.82) is 0 Å². The third kappa shape index (κ3) is 3.76. The van der Waals surface area contributed by atoms with Crippen molar-refractivity contribution < 1.29 is 19.0 Å². The summed E-state index contributed by atoms with van der Waals surface area (Å²) < 4.78 is 15.2. The monoisotopic (exact) mass is 269 g/mol. The molecule has 2 heterocycles. The molecule has 1 amide bonds. The molecule has 0 aromatic rings. The number of nitrogens with one attached hydrogen (secondary N) is 1. The van der Waals surface area contributed by atoms with E-state index >= 15 is 0 Å². The second-order valence-electron chi connectivity index (χ2n) is 4.22. The minimum absolute atomic E-state index is 0.229. The Labute approximate surface area is 112 Å². The molecule has 1 unspecified atom stereocenters. The maximum Gasteiger partial charge on any atom is 0.428 e. The molecular formula is C12H19N3O4. The number of hydrazine groups is 1. The highest BCUT2D eigenvalue weighted by molar-refractivity contribution is 5.77. The zero-order valence-corrected chi connectivity index (χ0v) is 11.0. The topological polar surface area (TPSA) is 72.4 Å². The van der Waals surface area contributed by atoms with Gasteiger partial charge in [0.25, 0.3) is 0 Å². The summed E-state index contributed by atoms with van der Waals surface area (Å²) in [6.07, 6.45) is 3.15. The summed E-state index contributed by atoms with van der Waals surface area (Å²) in [4.78, 5) is 16.0. The smallest absolute Gasteiger partial charge is 0.428 e. The predicted octanol–water partition coefficient (Wildman–Crippen LogP) is 0.191. The van der Waals surface area contributed by atoms with Crippen LogP contribution in [0.3, 0.4) is 0 Å². The van der Waals surface area contributed by atoms with E-state index in [1.165, 1.54) is 5.01 Å². The number of carbonyl (C=O) groups is 1. The molecule has 0 aromatic heterocycles. The van der Waals surface area contributed by atoms with Crippen LogP contribution in [0.5, 0.6) is 0 Å². The Balaban J connectivity index is 1.69. The Morgan fingerprint density at radius 1 is 1.47 bits per heavy atom. The van der Waals surface area contributed by atoms with Crippen LogP contribution in [-0.2, 0) is 14.2 Å². The van der Waals surface area contributed by atoms with E-state index in [0.29, 0.717) is 32.9 Å². The van der Waals surface area contributed by atoms with E-state index in [-0.39, 0.29) is 12.5 Å². The average molecular weight is 269 g/mol. The summed E-state index contributed by atoms with van der Waals surface area (Å²) >= 11 is 0. The van der Waals surface area contributed by atoms with Crippen LogP contribution in [0.1, 0.15) is 0 Å². The molecule has 2 rings (SSSR count). The molecule has 1 N–H and O–H groups in total. The van der Waals surface area contributed by atoms with Crippen molar-refractivity contribution in [2.75, 3.05) is 46.6 Å². The predicted molar refractivity (Wildman–Crippen MR) is 68.8 cm³/mol. The number of hydrogen-bond acceptors (Lipinski definition) is 6. The first-order valence-electron chi connectivity index (χ1n) is 6.30. The molecule has 1 saturated heterocycles. The normalized spacial score (nSPS) is 21.2. The first-order valence-corrected chi connectivity index (χ1v) is 6.30. The number of carbonyl (C=O) groups excluding carboxylic acids is 1. The Morgan fingerprint density at radius 2 is 2.32 bits per heavy atom. The molecule has 0 aromatic carbocycles. The highest BCUT2D eigenvalue weighted by Gasteiger charge is 2.33. The number of fused-ring (bicyclic) bond motifs is 1. The molecule has 1 atom stereocenters. The van der Waals surface area contributed by atoms with Crippen LogP contribution >= 0.6 is 0 Å². The van der Waals surface area contributed by atoms with Crippen LogP contribution < -0.4 is 5.43 Å². The van der Waals surface area contributed by atoms with Gasteiger partial charge in [-0.1, -0.05) is 0 Å². The SMILES string of the molecule is COCCOCCOC(=O)N1NCC2CN=CC=C21. The molecule has 106 valence electrons. The van der Waals surface area contributed by atoms with Crippen LogP contribution in [0, 0.1) is 5.92 Å². The molecular weight excluding hydrogens is 250 g/mol. The largest absolute Gasteiger partial charge is 0.446 e. The van der Waals surface area contributed by atoms with Crippen LogP contribution in [0.25, 0.3) is 0 Å². The number of allylic oxidation sites excluding steroid dienone is 1. The first-order chi connectivity index (χ1) is 9.33. The third-order valence-corrected chi connectivity index (χ3v) is 2.92. The lowest BCUT2D eigenvalue weighted by atomic mass is 10.1. The van der Waals surface area contributed by atoms with Crippen molar-refractivity contribution in [3.05, 3.63) is 11.8 Å². The van der Waals surface area contributed by atoms with Gasteiger partial charge in [0.15, 0.2) is 0 Å². The Hall–Kier alpha value is -1.44. The number of rotatable bonds is 6. The lowest BCUT2D eigenvalue weighted by Crippen LogP contribution is -2.37. The lowest BCUT2D eigenvalue weighted by Gasteiger charge is -2.19. The van der Waals surface area contributed by atoms with Gasteiger partial charge in [-0.2, -0.15) is 0 Å². The van der Waals surface area contributed by atoms with Crippen LogP contribution in [0.15, 0.2) is 16.8 Å². The Bertz CT molecular complexity index is 370. The summed E-state index contributed by atoms with van der Waals surface area (Å²) in [5.41, 5.74) is 3.93. The Morgan fingerprint density at radius 3 is 3.16 bits per heavy atom. The zero-order valence-electron chi connectivity index (χ0n) is 11.0. The van der Waals surface area contributed by atoms with Crippen molar-refractivity contribution in [3.63, 3.8) is 0 Å². The van der Waals surface area contributed by atoms with E-state index in [4.69, 9.17) is 14.2 Å². The second kappa shape index (κ2) is 7.22. The van der Waals surface area contributed by atoms with E-state index in [1.807, 2.05) is 6.08 Å². The van der Waals surface area contributed by atoms with E-state index in [2.05, 4.69) is 10.4 Å². The summed E-state index contributed by atoms with van der Waals surface area (Å²) in [6, 6.07) is 0. The molecule has 0 bridgehead atoms. The molecule has 0 aliphatic carbocycles. The number of nitrogens with zero attached hydrogens (tertiary/aromatic N) is 2. The van der Waals surface area contributed by atoms with Gasteiger partial charge >= 0.3 is 6.09 Å². The van der Waals surface area contributed by atoms with E-state index in [9.17, 15) is 4.79 Å². The van der Waals surface area contributed by atoms with E-state index in [1.54, 1.807) is 13.3 Å².